The van der Waals surface area contributed by atoms with E-state index in [4.69, 9.17) is 19.2 Å². The molecular formula is C44H54FN3O5. The van der Waals surface area contributed by atoms with Crippen molar-refractivity contribution < 1.29 is 28.2 Å². The van der Waals surface area contributed by atoms with E-state index in [-0.39, 0.29) is 23.7 Å². The fourth-order valence-electron chi connectivity index (χ4n) is 6.89. The van der Waals surface area contributed by atoms with Crippen LogP contribution in [0.3, 0.4) is 0 Å². The number of piperidine rings is 1. The van der Waals surface area contributed by atoms with Gasteiger partial charge in [0.2, 0.25) is 0 Å². The van der Waals surface area contributed by atoms with Crippen molar-refractivity contribution in [1.29, 1.82) is 0 Å². The van der Waals surface area contributed by atoms with Crippen molar-refractivity contribution in [1.82, 2.24) is 9.88 Å². The zero-order valence-electron chi connectivity index (χ0n) is 32.7. The Bertz CT molecular complexity index is 1870. The molecule has 1 atom stereocenters. The van der Waals surface area contributed by atoms with E-state index in [1.54, 1.807) is 55.3 Å². The quantitative estimate of drug-likeness (QED) is 0.135. The molecular weight excluding hydrogens is 669 g/mol. The maximum Gasteiger partial charge on any atom is 0.340 e. The molecule has 9 heteroatoms. The van der Waals surface area contributed by atoms with Crippen molar-refractivity contribution in [3.8, 4) is 16.9 Å². The number of pyridine rings is 1. The minimum atomic E-state index is -0.963. The summed E-state index contributed by atoms with van der Waals surface area (Å²) in [6.07, 6.45) is 1.04. The minimum Gasteiger partial charge on any atom is -0.497 e. The second-order valence-electron chi connectivity index (χ2n) is 15.6. The van der Waals surface area contributed by atoms with Crippen LogP contribution in [-0.2, 0) is 27.4 Å². The third-order valence-electron chi connectivity index (χ3n) is 9.77. The minimum absolute atomic E-state index is 0.150. The van der Waals surface area contributed by atoms with E-state index in [0.29, 0.717) is 24.4 Å². The molecule has 2 heterocycles. The molecule has 1 aromatic heterocycles. The Kier molecular flexibility index (Phi) is 12.3. The van der Waals surface area contributed by atoms with Crippen LogP contribution in [0.25, 0.3) is 11.1 Å². The maximum absolute atomic E-state index is 13.9. The number of amides is 1. The summed E-state index contributed by atoms with van der Waals surface area (Å²) in [4.78, 5) is 36.7. The molecule has 1 aliphatic heterocycles. The van der Waals surface area contributed by atoms with Crippen LogP contribution in [0.2, 0.25) is 0 Å². The van der Waals surface area contributed by atoms with Crippen molar-refractivity contribution in [2.45, 2.75) is 93.0 Å². The van der Waals surface area contributed by atoms with Gasteiger partial charge in [0.05, 0.1) is 25.0 Å². The molecule has 3 aromatic carbocycles. The van der Waals surface area contributed by atoms with Crippen LogP contribution in [0.4, 0.5) is 10.1 Å². The number of halogens is 1. The molecule has 1 fully saturated rings. The zero-order valence-corrected chi connectivity index (χ0v) is 32.7. The fraction of sp³-hybridized carbons (Fsp3) is 0.432. The number of aromatic nitrogens is 1. The lowest BCUT2D eigenvalue weighted by atomic mass is 9.81. The Balaban J connectivity index is 1.57. The highest BCUT2D eigenvalue weighted by Gasteiger charge is 2.37. The van der Waals surface area contributed by atoms with Crippen molar-refractivity contribution in [3.63, 3.8) is 0 Å². The van der Waals surface area contributed by atoms with Gasteiger partial charge in [-0.05, 0) is 113 Å². The summed E-state index contributed by atoms with van der Waals surface area (Å²) in [6.45, 7) is 18.7. The molecule has 53 heavy (non-hydrogen) atoms. The lowest BCUT2D eigenvalue weighted by molar-refractivity contribution is -0.166. The van der Waals surface area contributed by atoms with E-state index >= 15 is 0 Å². The summed E-state index contributed by atoms with van der Waals surface area (Å²) in [5.74, 6) is -0.243. The standard InChI is InChI=1S/C44H54FN3O5/c1-10-52-42(50)40(53-43(4,5)6)38-30(3)46-29(2)37(39(38)47-25-23-44(7,8)24-26-47)33-15-11-31(12-16-33)27-48(28-32-13-19-35(45)20-14-32)41(49)34-17-21-36(51-9)22-18-34/h11-22,40H,10,23-28H2,1-9H3/t40-/m0/s1. The molecule has 8 nitrogen and oxygen atoms in total. The molecule has 282 valence electrons. The molecule has 0 unspecified atom stereocenters. The van der Waals surface area contributed by atoms with E-state index in [2.05, 4.69) is 30.9 Å². The van der Waals surface area contributed by atoms with E-state index in [0.717, 1.165) is 70.8 Å². The molecule has 0 N–H and O–H groups in total. The summed E-state index contributed by atoms with van der Waals surface area (Å²) in [7, 11) is 1.59. The summed E-state index contributed by atoms with van der Waals surface area (Å²) >= 11 is 0. The number of carbonyl (C=O) groups is 2. The summed E-state index contributed by atoms with van der Waals surface area (Å²) < 4.78 is 31.2. The average Bonchev–Trinajstić information content (AvgIpc) is 3.11. The van der Waals surface area contributed by atoms with Crippen molar-refractivity contribution in [2.24, 2.45) is 5.41 Å². The van der Waals surface area contributed by atoms with Crippen LogP contribution < -0.4 is 9.64 Å². The molecule has 1 aliphatic rings. The summed E-state index contributed by atoms with van der Waals surface area (Å²) in [6, 6.07) is 21.5. The van der Waals surface area contributed by atoms with Gasteiger partial charge in [-0.2, -0.15) is 0 Å². The highest BCUT2D eigenvalue weighted by atomic mass is 19.1. The van der Waals surface area contributed by atoms with E-state index in [9.17, 15) is 14.0 Å². The number of ether oxygens (including phenoxy) is 3. The van der Waals surface area contributed by atoms with Crippen molar-refractivity contribution in [3.05, 3.63) is 112 Å². The first-order chi connectivity index (χ1) is 25.1. The normalized spacial score (nSPS) is 14.8. The number of aryl methyl sites for hydroxylation is 2. The van der Waals surface area contributed by atoms with Crippen LogP contribution in [-0.4, -0.2) is 54.2 Å². The zero-order chi connectivity index (χ0) is 38.5. The SMILES string of the molecule is CCOC(=O)[C@@H](OC(C)(C)C)c1c(C)nc(C)c(-c2ccc(CN(Cc3ccc(F)cc3)C(=O)c3ccc(OC)cc3)cc2)c1N1CCC(C)(C)CC1. The Hall–Kier alpha value is -4.76. The molecule has 0 aliphatic carbocycles. The van der Waals surface area contributed by atoms with Crippen LogP contribution >= 0.6 is 0 Å². The predicted octanol–water partition coefficient (Wildman–Crippen LogP) is 9.40. The molecule has 1 amide bonds. The molecule has 0 saturated carbocycles. The second-order valence-corrected chi connectivity index (χ2v) is 15.6. The smallest absolute Gasteiger partial charge is 0.340 e. The van der Waals surface area contributed by atoms with Crippen LogP contribution in [0, 0.1) is 25.1 Å². The molecule has 0 bridgehead atoms. The van der Waals surface area contributed by atoms with Gasteiger partial charge in [-0.15, -0.1) is 0 Å². The first kappa shape index (κ1) is 39.4. The number of methoxy groups -OCH3 is 1. The first-order valence-electron chi connectivity index (χ1n) is 18.5. The first-order valence-corrected chi connectivity index (χ1v) is 18.5. The third-order valence-corrected chi connectivity index (χ3v) is 9.77. The number of carbonyl (C=O) groups excluding carboxylic acids is 2. The third kappa shape index (κ3) is 9.82. The van der Waals surface area contributed by atoms with Gasteiger partial charge in [-0.1, -0.05) is 50.2 Å². The maximum atomic E-state index is 13.9. The number of hydrogen-bond donors (Lipinski definition) is 0. The molecule has 1 saturated heterocycles. The number of esters is 1. The number of hydrogen-bond acceptors (Lipinski definition) is 7. The fourth-order valence-corrected chi connectivity index (χ4v) is 6.89. The van der Waals surface area contributed by atoms with Gasteiger partial charge in [0.15, 0.2) is 6.10 Å². The number of anilines is 1. The number of rotatable bonds is 12. The van der Waals surface area contributed by atoms with Crippen LogP contribution in [0.5, 0.6) is 5.75 Å². The summed E-state index contributed by atoms with van der Waals surface area (Å²) in [5.41, 5.74) is 7.03. The highest BCUT2D eigenvalue weighted by Crippen LogP contribution is 2.45. The van der Waals surface area contributed by atoms with E-state index in [1.807, 2.05) is 46.8 Å². The molecule has 0 radical (unpaired) electrons. The lowest BCUT2D eigenvalue weighted by Gasteiger charge is -2.41. The van der Waals surface area contributed by atoms with Gasteiger partial charge < -0.3 is 24.0 Å². The van der Waals surface area contributed by atoms with Gasteiger partial charge in [-0.3, -0.25) is 9.78 Å². The number of nitrogens with zero attached hydrogens (tertiary/aromatic N) is 3. The van der Waals surface area contributed by atoms with E-state index in [1.165, 1.54) is 12.1 Å². The van der Waals surface area contributed by atoms with Crippen LogP contribution in [0.1, 0.15) is 98.9 Å². The van der Waals surface area contributed by atoms with Gasteiger partial charge in [0, 0.05) is 54.3 Å². The van der Waals surface area contributed by atoms with Gasteiger partial charge in [-0.25, -0.2) is 9.18 Å². The molecule has 0 spiro atoms. The molecule has 4 aromatic rings. The predicted molar refractivity (Wildman–Crippen MR) is 208 cm³/mol. The Morgan fingerprint density at radius 3 is 1.98 bits per heavy atom. The Morgan fingerprint density at radius 1 is 0.887 bits per heavy atom. The van der Waals surface area contributed by atoms with Gasteiger partial charge in [0.1, 0.15) is 11.6 Å². The highest BCUT2D eigenvalue weighted by molar-refractivity contribution is 5.94. The van der Waals surface area contributed by atoms with Crippen molar-refractivity contribution >= 4 is 17.6 Å². The van der Waals surface area contributed by atoms with Gasteiger partial charge >= 0.3 is 5.97 Å². The summed E-state index contributed by atoms with van der Waals surface area (Å²) in [5, 5.41) is 0. The Morgan fingerprint density at radius 2 is 1.45 bits per heavy atom. The number of benzene rings is 3. The lowest BCUT2D eigenvalue weighted by Crippen LogP contribution is -2.39. The Labute approximate surface area is 314 Å². The van der Waals surface area contributed by atoms with Gasteiger partial charge in [0.25, 0.3) is 5.91 Å². The monoisotopic (exact) mass is 723 g/mol. The largest absolute Gasteiger partial charge is 0.497 e. The second kappa shape index (κ2) is 16.5. The average molecular weight is 724 g/mol. The van der Waals surface area contributed by atoms with Crippen molar-refractivity contribution in [2.75, 3.05) is 31.7 Å². The van der Waals surface area contributed by atoms with E-state index < -0.39 is 17.7 Å². The molecule has 5 rings (SSSR count). The van der Waals surface area contributed by atoms with Crippen LogP contribution in [0.15, 0.2) is 72.8 Å². The topological polar surface area (TPSA) is 81.2 Å².